The molecule has 98 valence electrons. The summed E-state index contributed by atoms with van der Waals surface area (Å²) in [5.41, 5.74) is 0.287. The van der Waals surface area contributed by atoms with Crippen molar-refractivity contribution in [3.8, 4) is 0 Å². The molecule has 0 aliphatic heterocycles. The number of esters is 1. The number of hydrogen-bond donors (Lipinski definition) is 1. The molecule has 2 unspecified atom stereocenters. The van der Waals surface area contributed by atoms with Gasteiger partial charge in [-0.3, -0.25) is 4.79 Å². The highest BCUT2D eigenvalue weighted by Gasteiger charge is 2.45. The number of carbonyl (C=O) groups is 1. The topological polar surface area (TPSA) is 38.3 Å². The molecule has 1 N–H and O–H groups in total. The highest BCUT2D eigenvalue weighted by Crippen LogP contribution is 2.52. The molecule has 0 radical (unpaired) electrons. The highest BCUT2D eigenvalue weighted by atomic mass is 32.2. The van der Waals surface area contributed by atoms with Crippen molar-refractivity contribution in [2.45, 2.75) is 49.8 Å². The first-order valence-electron chi connectivity index (χ1n) is 6.53. The number of carbonyl (C=O) groups excluding carboxylic acids is 1. The maximum absolute atomic E-state index is 11.3. The molecule has 0 heterocycles. The van der Waals surface area contributed by atoms with Gasteiger partial charge < -0.3 is 10.1 Å². The zero-order valence-electron chi connectivity index (χ0n) is 10.8. The molecule has 2 rings (SSSR count). The lowest BCUT2D eigenvalue weighted by Crippen LogP contribution is -2.22. The van der Waals surface area contributed by atoms with Gasteiger partial charge in [-0.05, 0) is 50.3 Å². The average molecular weight is 257 g/mol. The minimum Gasteiger partial charge on any atom is -0.469 e. The summed E-state index contributed by atoms with van der Waals surface area (Å²) >= 11 is 2.08. The molecular formula is C13H23NO2S. The molecule has 4 heteroatoms. The summed E-state index contributed by atoms with van der Waals surface area (Å²) in [6.07, 6.45) is 6.95. The third-order valence-corrected chi connectivity index (χ3v) is 5.80. The Kier molecular flexibility index (Phi) is 4.36. The third-order valence-electron chi connectivity index (χ3n) is 4.12. The zero-order chi connectivity index (χ0) is 12.3. The van der Waals surface area contributed by atoms with E-state index in [1.165, 1.54) is 39.2 Å². The Morgan fingerprint density at radius 2 is 2.24 bits per heavy atom. The monoisotopic (exact) mass is 257 g/mol. The second-order valence-corrected chi connectivity index (χ2v) is 6.77. The number of methoxy groups -OCH3 is 1. The van der Waals surface area contributed by atoms with E-state index < -0.39 is 0 Å². The van der Waals surface area contributed by atoms with Gasteiger partial charge in [0.2, 0.25) is 0 Å². The summed E-state index contributed by atoms with van der Waals surface area (Å²) in [7, 11) is 3.54. The number of rotatable bonds is 6. The Morgan fingerprint density at radius 3 is 2.76 bits per heavy atom. The minimum absolute atomic E-state index is 0.0392. The normalized spacial score (nSPS) is 30.2. The Hall–Kier alpha value is -0.220. The van der Waals surface area contributed by atoms with E-state index in [4.69, 9.17) is 4.74 Å². The first-order valence-corrected chi connectivity index (χ1v) is 7.58. The number of nitrogens with one attached hydrogen (secondary N) is 1. The summed E-state index contributed by atoms with van der Waals surface area (Å²) in [5, 5.41) is 4.15. The molecule has 0 amide bonds. The van der Waals surface area contributed by atoms with Crippen molar-refractivity contribution in [1.82, 2.24) is 5.32 Å². The van der Waals surface area contributed by atoms with Crippen molar-refractivity contribution >= 4 is 17.7 Å². The quantitative estimate of drug-likeness (QED) is 0.740. The fourth-order valence-electron chi connectivity index (χ4n) is 2.58. The molecule has 0 aromatic carbocycles. The van der Waals surface area contributed by atoms with E-state index in [9.17, 15) is 4.79 Å². The Bertz CT molecular complexity index is 279. The Labute approximate surface area is 108 Å². The molecular weight excluding hydrogens is 234 g/mol. The summed E-state index contributed by atoms with van der Waals surface area (Å²) in [6.45, 7) is 0. The van der Waals surface area contributed by atoms with Gasteiger partial charge in [-0.2, -0.15) is 11.8 Å². The second kappa shape index (κ2) is 5.61. The molecule has 0 aromatic rings. The zero-order valence-corrected chi connectivity index (χ0v) is 11.6. The molecule has 3 nitrogen and oxygen atoms in total. The predicted molar refractivity (Wildman–Crippen MR) is 71.2 cm³/mol. The van der Waals surface area contributed by atoms with Gasteiger partial charge >= 0.3 is 5.97 Å². The molecule has 2 fully saturated rings. The van der Waals surface area contributed by atoms with Crippen LogP contribution in [-0.4, -0.2) is 37.2 Å². The highest BCUT2D eigenvalue weighted by molar-refractivity contribution is 7.99. The molecule has 0 bridgehead atoms. The first kappa shape index (κ1) is 13.2. The molecule has 0 aromatic heterocycles. The molecule has 17 heavy (non-hydrogen) atoms. The van der Waals surface area contributed by atoms with Crippen LogP contribution in [0.15, 0.2) is 0 Å². The number of thioether (sulfide) groups is 1. The second-order valence-electron chi connectivity index (χ2n) is 5.48. The van der Waals surface area contributed by atoms with Gasteiger partial charge in [-0.25, -0.2) is 0 Å². The van der Waals surface area contributed by atoms with Gasteiger partial charge in [-0.1, -0.05) is 0 Å². The van der Waals surface area contributed by atoms with Crippen LogP contribution < -0.4 is 5.32 Å². The minimum atomic E-state index is -0.0392. The van der Waals surface area contributed by atoms with E-state index in [1.54, 1.807) is 0 Å². The fourth-order valence-corrected chi connectivity index (χ4v) is 4.23. The van der Waals surface area contributed by atoms with Crippen LogP contribution in [0.3, 0.4) is 0 Å². The molecule has 2 saturated carbocycles. The predicted octanol–water partition coefficient (Wildman–Crippen LogP) is 2.20. The van der Waals surface area contributed by atoms with E-state index in [0.29, 0.717) is 12.5 Å². The number of hydrogen-bond acceptors (Lipinski definition) is 4. The van der Waals surface area contributed by atoms with Crippen LogP contribution >= 0.6 is 11.8 Å². The standard InChI is InChI=1S/C13H23NO2S/c1-14-10-3-4-11(7-10)17-9-13(5-6-13)8-12(15)16-2/h10-11,14H,3-9H2,1-2H3. The van der Waals surface area contributed by atoms with Crippen molar-refractivity contribution in [1.29, 1.82) is 0 Å². The first-order chi connectivity index (χ1) is 8.17. The van der Waals surface area contributed by atoms with E-state index in [-0.39, 0.29) is 11.4 Å². The number of ether oxygens (including phenoxy) is 1. The van der Waals surface area contributed by atoms with Gasteiger partial charge in [-0.15, -0.1) is 0 Å². The van der Waals surface area contributed by atoms with E-state index in [2.05, 4.69) is 24.1 Å². The van der Waals surface area contributed by atoms with Crippen LogP contribution in [0.4, 0.5) is 0 Å². The summed E-state index contributed by atoms with van der Waals surface area (Å²) < 4.78 is 4.77. The summed E-state index contributed by atoms with van der Waals surface area (Å²) in [6, 6.07) is 0.711. The lowest BCUT2D eigenvalue weighted by atomic mass is 10.1. The van der Waals surface area contributed by atoms with Crippen LogP contribution in [-0.2, 0) is 9.53 Å². The summed E-state index contributed by atoms with van der Waals surface area (Å²) in [4.78, 5) is 11.3. The molecule has 2 aliphatic rings. The van der Waals surface area contributed by atoms with E-state index >= 15 is 0 Å². The summed E-state index contributed by atoms with van der Waals surface area (Å²) in [5.74, 6) is 1.10. The molecule has 0 spiro atoms. The van der Waals surface area contributed by atoms with Gasteiger partial charge in [0.05, 0.1) is 13.5 Å². The lowest BCUT2D eigenvalue weighted by Gasteiger charge is -2.16. The van der Waals surface area contributed by atoms with Crippen molar-refractivity contribution in [2.24, 2.45) is 5.41 Å². The van der Waals surface area contributed by atoms with Crippen LogP contribution in [0.1, 0.15) is 38.5 Å². The average Bonchev–Trinajstić information content (AvgIpc) is 2.94. The van der Waals surface area contributed by atoms with Gasteiger partial charge in [0.1, 0.15) is 0 Å². The lowest BCUT2D eigenvalue weighted by molar-refractivity contribution is -0.141. The molecule has 2 atom stereocenters. The maximum Gasteiger partial charge on any atom is 0.306 e. The largest absolute Gasteiger partial charge is 0.469 e. The maximum atomic E-state index is 11.3. The van der Waals surface area contributed by atoms with Crippen LogP contribution in [0.2, 0.25) is 0 Å². The Balaban J connectivity index is 1.70. The SMILES string of the molecule is CNC1CCC(SCC2(CC(=O)OC)CC2)C1. The van der Waals surface area contributed by atoms with Crippen molar-refractivity contribution in [3.63, 3.8) is 0 Å². The van der Waals surface area contributed by atoms with Crippen molar-refractivity contribution in [2.75, 3.05) is 19.9 Å². The van der Waals surface area contributed by atoms with Gasteiger partial charge in [0.25, 0.3) is 0 Å². The molecule has 0 saturated heterocycles. The van der Waals surface area contributed by atoms with Gasteiger partial charge in [0, 0.05) is 11.3 Å². The van der Waals surface area contributed by atoms with Crippen molar-refractivity contribution < 1.29 is 9.53 Å². The van der Waals surface area contributed by atoms with Crippen LogP contribution in [0.25, 0.3) is 0 Å². The van der Waals surface area contributed by atoms with E-state index in [1.807, 2.05) is 0 Å². The van der Waals surface area contributed by atoms with Crippen molar-refractivity contribution in [3.05, 3.63) is 0 Å². The third kappa shape index (κ3) is 3.62. The molecule has 2 aliphatic carbocycles. The smallest absolute Gasteiger partial charge is 0.306 e. The fraction of sp³-hybridized carbons (Fsp3) is 0.923. The Morgan fingerprint density at radius 1 is 1.47 bits per heavy atom. The van der Waals surface area contributed by atoms with Crippen LogP contribution in [0.5, 0.6) is 0 Å². The van der Waals surface area contributed by atoms with Gasteiger partial charge in [0.15, 0.2) is 0 Å². The van der Waals surface area contributed by atoms with Crippen LogP contribution in [0, 0.1) is 5.41 Å². The van der Waals surface area contributed by atoms with E-state index in [0.717, 1.165) is 11.0 Å².